The van der Waals surface area contributed by atoms with Crippen molar-refractivity contribution < 1.29 is 26.7 Å². The number of allylic oxidation sites excluding steroid dienone is 1. The number of fused-ring (bicyclic) bond motifs is 1. The molecule has 6 nitrogen and oxygen atoms in total. The van der Waals surface area contributed by atoms with Crippen LogP contribution in [0.3, 0.4) is 0 Å². The van der Waals surface area contributed by atoms with E-state index in [2.05, 4.69) is 16.2 Å². The Morgan fingerprint density at radius 2 is 1.88 bits per heavy atom. The lowest BCUT2D eigenvalue weighted by Crippen LogP contribution is -2.33. The summed E-state index contributed by atoms with van der Waals surface area (Å²) in [6.07, 6.45) is -3.40. The summed E-state index contributed by atoms with van der Waals surface area (Å²) in [5.74, 6) is -1.32. The molecule has 0 aliphatic carbocycles. The number of rotatable bonds is 10. The standard InChI is InChI=1S/C31H33F5N4O2S/c1-17-22(13-23-24(31(34,35)36)9-5-10-25(23)32)30-40(29(41)27(17)21-8-4-11-26(42-3)28(21)33)20(16-43-30)15-37-12-6-7-19-14-38-39-18(19)2/h4-5,8-11,20,37-39H,6-7,12-16H2,1-3H3. The Labute approximate surface area is 250 Å². The van der Waals surface area contributed by atoms with Crippen LogP contribution in [-0.2, 0) is 12.6 Å². The maximum absolute atomic E-state index is 15.5. The fourth-order valence-corrected chi connectivity index (χ4v) is 7.15. The highest BCUT2D eigenvalue weighted by Crippen LogP contribution is 2.42. The summed E-state index contributed by atoms with van der Waals surface area (Å²) in [5, 5.41) is 3.88. The highest BCUT2D eigenvalue weighted by Gasteiger charge is 2.36. The number of pyridine rings is 1. The molecule has 0 saturated heterocycles. The SMILES string of the molecule is COc1cccc(-c2c(C)c(Cc3c(F)cccc3C(F)(F)F)c3n(c2=O)C(CNCCCC2=C(C)NNC2)CS3)c1F. The van der Waals surface area contributed by atoms with E-state index in [4.69, 9.17) is 4.74 Å². The predicted octanol–water partition coefficient (Wildman–Crippen LogP) is 6.12. The largest absolute Gasteiger partial charge is 0.494 e. The first-order valence-corrected chi connectivity index (χ1v) is 15.0. The van der Waals surface area contributed by atoms with Crippen LogP contribution in [0.25, 0.3) is 11.1 Å². The molecule has 0 radical (unpaired) electrons. The Kier molecular flexibility index (Phi) is 9.19. The van der Waals surface area contributed by atoms with Crippen molar-refractivity contribution in [3.05, 3.63) is 91.9 Å². The van der Waals surface area contributed by atoms with Gasteiger partial charge in [-0.25, -0.2) is 14.2 Å². The summed E-state index contributed by atoms with van der Waals surface area (Å²) in [5.41, 5.74) is 7.24. The van der Waals surface area contributed by atoms with E-state index in [1.54, 1.807) is 17.6 Å². The van der Waals surface area contributed by atoms with Gasteiger partial charge < -0.3 is 15.5 Å². The number of halogens is 5. The van der Waals surface area contributed by atoms with Crippen molar-refractivity contribution >= 4 is 11.8 Å². The molecule has 2 aliphatic heterocycles. The summed E-state index contributed by atoms with van der Waals surface area (Å²) in [4.78, 5) is 14.1. The van der Waals surface area contributed by atoms with Crippen molar-refractivity contribution in [1.29, 1.82) is 0 Å². The van der Waals surface area contributed by atoms with Crippen molar-refractivity contribution in [2.75, 3.05) is 32.5 Å². The van der Waals surface area contributed by atoms with Crippen LogP contribution in [0.1, 0.15) is 48.1 Å². The number of thioether (sulfide) groups is 1. The van der Waals surface area contributed by atoms with Crippen LogP contribution in [0, 0.1) is 18.6 Å². The van der Waals surface area contributed by atoms with Gasteiger partial charge in [-0.05, 0) is 68.1 Å². The molecule has 1 unspecified atom stereocenters. The first-order chi connectivity index (χ1) is 20.5. The molecule has 0 fully saturated rings. The predicted molar refractivity (Wildman–Crippen MR) is 157 cm³/mol. The first kappa shape index (κ1) is 31.1. The molecule has 3 aromatic rings. The fourth-order valence-electron chi connectivity index (χ4n) is 5.76. The van der Waals surface area contributed by atoms with Crippen LogP contribution in [0.5, 0.6) is 5.75 Å². The average molecular weight is 621 g/mol. The molecule has 1 atom stereocenters. The minimum atomic E-state index is -4.78. The number of alkyl halides is 3. The number of hydrogen-bond donors (Lipinski definition) is 3. The normalized spacial score (nSPS) is 16.5. The Hall–Kier alpha value is -3.35. The molecule has 2 aliphatic rings. The van der Waals surface area contributed by atoms with E-state index in [1.807, 2.05) is 6.92 Å². The van der Waals surface area contributed by atoms with Gasteiger partial charge in [-0.15, -0.1) is 11.8 Å². The molecule has 43 heavy (non-hydrogen) atoms. The van der Waals surface area contributed by atoms with Crippen LogP contribution in [0.4, 0.5) is 22.0 Å². The third-order valence-corrected chi connectivity index (χ3v) is 9.33. The van der Waals surface area contributed by atoms with Gasteiger partial charge in [0.05, 0.1) is 29.3 Å². The molecule has 3 N–H and O–H groups in total. The molecule has 0 spiro atoms. The molecule has 0 bridgehead atoms. The zero-order valence-electron chi connectivity index (χ0n) is 24.1. The van der Waals surface area contributed by atoms with Gasteiger partial charge in [-0.3, -0.25) is 9.36 Å². The van der Waals surface area contributed by atoms with E-state index in [-0.39, 0.29) is 22.9 Å². The average Bonchev–Trinajstić information content (AvgIpc) is 3.58. The minimum Gasteiger partial charge on any atom is -0.494 e. The maximum atomic E-state index is 15.5. The Bertz CT molecular complexity index is 1620. The molecule has 0 saturated carbocycles. The third-order valence-electron chi connectivity index (χ3n) is 8.07. The van der Waals surface area contributed by atoms with E-state index in [9.17, 15) is 22.4 Å². The molecule has 12 heteroatoms. The highest BCUT2D eigenvalue weighted by molar-refractivity contribution is 7.99. The topological polar surface area (TPSA) is 67.3 Å². The molecule has 2 aromatic carbocycles. The number of methoxy groups -OCH3 is 1. The van der Waals surface area contributed by atoms with E-state index in [0.717, 1.165) is 43.3 Å². The summed E-state index contributed by atoms with van der Waals surface area (Å²) in [6.45, 7) is 5.52. The lowest BCUT2D eigenvalue weighted by atomic mass is 9.92. The number of hydrogen-bond acceptors (Lipinski definition) is 6. The van der Waals surface area contributed by atoms with Crippen LogP contribution >= 0.6 is 11.8 Å². The Balaban J connectivity index is 1.55. The van der Waals surface area contributed by atoms with Gasteiger partial charge in [0, 0.05) is 42.1 Å². The number of ether oxygens (including phenoxy) is 1. The van der Waals surface area contributed by atoms with Crippen LogP contribution in [0.2, 0.25) is 0 Å². The van der Waals surface area contributed by atoms with Gasteiger partial charge >= 0.3 is 6.18 Å². The monoisotopic (exact) mass is 620 g/mol. The molecule has 5 rings (SSSR count). The zero-order chi connectivity index (χ0) is 30.9. The second kappa shape index (κ2) is 12.7. The van der Waals surface area contributed by atoms with Gasteiger partial charge in [0.1, 0.15) is 5.82 Å². The number of nitrogens with one attached hydrogen (secondary N) is 3. The molecule has 230 valence electrons. The van der Waals surface area contributed by atoms with Crippen molar-refractivity contribution in [1.82, 2.24) is 20.7 Å². The first-order valence-electron chi connectivity index (χ1n) is 14.0. The van der Waals surface area contributed by atoms with Crippen molar-refractivity contribution in [3.63, 3.8) is 0 Å². The van der Waals surface area contributed by atoms with Gasteiger partial charge in [0.25, 0.3) is 5.56 Å². The second-order valence-electron chi connectivity index (χ2n) is 10.7. The summed E-state index contributed by atoms with van der Waals surface area (Å²) < 4.78 is 79.0. The summed E-state index contributed by atoms with van der Waals surface area (Å²) >= 11 is 1.35. The number of aromatic nitrogens is 1. The van der Waals surface area contributed by atoms with E-state index >= 15 is 4.39 Å². The fraction of sp³-hybridized carbons (Fsp3) is 0.387. The molecule has 1 aromatic heterocycles. The molecule has 0 amide bonds. The van der Waals surface area contributed by atoms with Crippen LogP contribution < -0.4 is 26.5 Å². The maximum Gasteiger partial charge on any atom is 0.416 e. The van der Waals surface area contributed by atoms with Crippen LogP contribution in [0.15, 0.2) is 57.5 Å². The second-order valence-corrected chi connectivity index (χ2v) is 11.7. The summed E-state index contributed by atoms with van der Waals surface area (Å²) in [7, 11) is 1.31. The Morgan fingerprint density at radius 1 is 1.12 bits per heavy atom. The number of hydrazine groups is 1. The van der Waals surface area contributed by atoms with E-state index < -0.39 is 40.9 Å². The Morgan fingerprint density at radius 3 is 2.58 bits per heavy atom. The third kappa shape index (κ3) is 6.18. The lowest BCUT2D eigenvalue weighted by Gasteiger charge is -2.22. The number of nitrogens with zero attached hydrogens (tertiary/aromatic N) is 1. The van der Waals surface area contributed by atoms with E-state index in [0.29, 0.717) is 35.0 Å². The van der Waals surface area contributed by atoms with Crippen molar-refractivity contribution in [3.8, 4) is 16.9 Å². The summed E-state index contributed by atoms with van der Waals surface area (Å²) in [6, 6.07) is 6.95. The smallest absolute Gasteiger partial charge is 0.416 e. The van der Waals surface area contributed by atoms with Crippen molar-refractivity contribution in [2.24, 2.45) is 0 Å². The molecular formula is C31H33F5N4O2S. The molecule has 3 heterocycles. The highest BCUT2D eigenvalue weighted by atomic mass is 32.2. The lowest BCUT2D eigenvalue weighted by molar-refractivity contribution is -0.138. The van der Waals surface area contributed by atoms with Crippen LogP contribution in [-0.4, -0.2) is 37.1 Å². The zero-order valence-corrected chi connectivity index (χ0v) is 24.9. The minimum absolute atomic E-state index is 0.0194. The van der Waals surface area contributed by atoms with Crippen molar-refractivity contribution in [2.45, 2.75) is 50.4 Å². The molecular weight excluding hydrogens is 587 g/mol. The van der Waals surface area contributed by atoms with Gasteiger partial charge in [-0.1, -0.05) is 18.2 Å². The van der Waals surface area contributed by atoms with Gasteiger partial charge in [0.15, 0.2) is 11.6 Å². The van der Waals surface area contributed by atoms with Gasteiger partial charge in [0.2, 0.25) is 0 Å². The van der Waals surface area contributed by atoms with E-state index in [1.165, 1.54) is 36.6 Å². The van der Waals surface area contributed by atoms with Gasteiger partial charge in [-0.2, -0.15) is 13.2 Å². The quantitative estimate of drug-likeness (QED) is 0.188. The number of benzene rings is 2.